The summed E-state index contributed by atoms with van der Waals surface area (Å²) in [5.41, 5.74) is 1.01. The van der Waals surface area contributed by atoms with E-state index >= 15 is 0 Å². The van der Waals surface area contributed by atoms with E-state index in [0.717, 1.165) is 17.2 Å². The van der Waals surface area contributed by atoms with Crippen molar-refractivity contribution in [1.82, 2.24) is 15.6 Å². The van der Waals surface area contributed by atoms with Crippen molar-refractivity contribution in [1.29, 1.82) is 0 Å². The second-order valence-electron chi connectivity index (χ2n) is 4.27. The number of carbonyl (C=O) groups is 1. The van der Waals surface area contributed by atoms with Gasteiger partial charge in [0.05, 0.1) is 6.04 Å². The fourth-order valence-electron chi connectivity index (χ4n) is 1.44. The van der Waals surface area contributed by atoms with Gasteiger partial charge in [0.1, 0.15) is 5.01 Å². The van der Waals surface area contributed by atoms with Gasteiger partial charge in [0.2, 0.25) is 5.91 Å². The van der Waals surface area contributed by atoms with Crippen molar-refractivity contribution < 1.29 is 4.79 Å². The maximum Gasteiger partial charge on any atom is 0.224 e. The van der Waals surface area contributed by atoms with Gasteiger partial charge in [0.15, 0.2) is 0 Å². The van der Waals surface area contributed by atoms with Crippen LogP contribution in [0.2, 0.25) is 0 Å². The van der Waals surface area contributed by atoms with E-state index in [9.17, 15) is 4.79 Å². The molecule has 0 saturated heterocycles. The lowest BCUT2D eigenvalue weighted by Crippen LogP contribution is -2.36. The highest BCUT2D eigenvalue weighted by molar-refractivity contribution is 7.09. The van der Waals surface area contributed by atoms with Crippen LogP contribution >= 0.6 is 11.3 Å². The molecule has 5 heteroatoms. The lowest BCUT2D eigenvalue weighted by Gasteiger charge is -2.16. The van der Waals surface area contributed by atoms with Crippen LogP contribution in [0.1, 0.15) is 37.5 Å². The van der Waals surface area contributed by atoms with Crippen molar-refractivity contribution in [3.8, 4) is 0 Å². The quantitative estimate of drug-likeness (QED) is 0.816. The maximum absolute atomic E-state index is 11.9. The Morgan fingerprint density at radius 1 is 1.53 bits per heavy atom. The summed E-state index contributed by atoms with van der Waals surface area (Å²) < 4.78 is 0. The summed E-state index contributed by atoms with van der Waals surface area (Å²) in [7, 11) is 0. The van der Waals surface area contributed by atoms with E-state index < -0.39 is 0 Å². The number of amides is 1. The number of nitrogens with one attached hydrogen (secondary N) is 2. The minimum absolute atomic E-state index is 0.00900. The van der Waals surface area contributed by atoms with Gasteiger partial charge in [-0.15, -0.1) is 11.3 Å². The van der Waals surface area contributed by atoms with Gasteiger partial charge in [-0.1, -0.05) is 13.8 Å². The molecule has 2 N–H and O–H groups in total. The van der Waals surface area contributed by atoms with Crippen LogP contribution < -0.4 is 10.6 Å². The third kappa shape index (κ3) is 4.44. The predicted octanol–water partition coefficient (Wildman–Crippen LogP) is 1.87. The first-order chi connectivity index (χ1) is 8.04. The Morgan fingerprint density at radius 3 is 2.76 bits per heavy atom. The molecule has 0 aromatic carbocycles. The molecule has 2 unspecified atom stereocenters. The molecule has 1 amide bonds. The van der Waals surface area contributed by atoms with Gasteiger partial charge in [-0.3, -0.25) is 4.79 Å². The Labute approximate surface area is 107 Å². The third-order valence-electron chi connectivity index (χ3n) is 2.51. The molecular formula is C12H21N3OS. The summed E-state index contributed by atoms with van der Waals surface area (Å²) in [6, 6.07) is -0.00900. The van der Waals surface area contributed by atoms with Crippen LogP contribution in [-0.2, 0) is 4.79 Å². The highest BCUT2D eigenvalue weighted by atomic mass is 32.1. The van der Waals surface area contributed by atoms with Crippen LogP contribution in [-0.4, -0.2) is 24.0 Å². The molecule has 2 atom stereocenters. The van der Waals surface area contributed by atoms with Gasteiger partial charge in [0, 0.05) is 23.5 Å². The highest BCUT2D eigenvalue weighted by Crippen LogP contribution is 2.17. The van der Waals surface area contributed by atoms with E-state index in [4.69, 9.17) is 0 Å². The lowest BCUT2D eigenvalue weighted by molar-refractivity contribution is -0.125. The monoisotopic (exact) mass is 255 g/mol. The molecule has 0 spiro atoms. The first-order valence-electron chi connectivity index (χ1n) is 5.97. The average Bonchev–Trinajstić information content (AvgIpc) is 2.72. The molecule has 1 heterocycles. The molecule has 0 bridgehead atoms. The molecule has 4 nitrogen and oxygen atoms in total. The smallest absolute Gasteiger partial charge is 0.224 e. The van der Waals surface area contributed by atoms with Gasteiger partial charge in [-0.25, -0.2) is 4.98 Å². The van der Waals surface area contributed by atoms with Crippen LogP contribution in [0.25, 0.3) is 0 Å². The van der Waals surface area contributed by atoms with Gasteiger partial charge < -0.3 is 10.6 Å². The number of hydrogen-bond donors (Lipinski definition) is 2. The van der Waals surface area contributed by atoms with Gasteiger partial charge in [-0.05, 0) is 20.4 Å². The Bertz CT molecular complexity index is 364. The molecule has 96 valence electrons. The average molecular weight is 255 g/mol. The summed E-state index contributed by atoms with van der Waals surface area (Å²) in [6.45, 7) is 9.49. The molecule has 0 radical (unpaired) electrons. The summed E-state index contributed by atoms with van der Waals surface area (Å²) in [4.78, 5) is 16.2. The normalized spacial score (nSPS) is 14.4. The molecule has 17 heavy (non-hydrogen) atoms. The molecule has 1 aromatic rings. The van der Waals surface area contributed by atoms with E-state index in [1.807, 2.05) is 33.1 Å². The van der Waals surface area contributed by atoms with E-state index in [-0.39, 0.29) is 17.9 Å². The topological polar surface area (TPSA) is 54.0 Å². The fourth-order valence-corrected chi connectivity index (χ4v) is 2.25. The first kappa shape index (κ1) is 14.1. The Hall–Kier alpha value is -0.940. The summed E-state index contributed by atoms with van der Waals surface area (Å²) >= 11 is 1.59. The van der Waals surface area contributed by atoms with E-state index in [0.29, 0.717) is 6.54 Å². The third-order valence-corrected chi connectivity index (χ3v) is 3.66. The number of carbonyl (C=O) groups excluding carboxylic acids is 1. The number of rotatable bonds is 6. The Balaban J connectivity index is 2.45. The van der Waals surface area contributed by atoms with Crippen LogP contribution in [0.15, 0.2) is 5.38 Å². The zero-order valence-corrected chi connectivity index (χ0v) is 11.7. The van der Waals surface area contributed by atoms with Crippen molar-refractivity contribution in [2.24, 2.45) is 5.92 Å². The number of aromatic nitrogens is 1. The number of nitrogens with zero attached hydrogens (tertiary/aromatic N) is 1. The fraction of sp³-hybridized carbons (Fsp3) is 0.667. The summed E-state index contributed by atoms with van der Waals surface area (Å²) in [6.07, 6.45) is 0. The zero-order chi connectivity index (χ0) is 12.8. The number of hydrogen-bond acceptors (Lipinski definition) is 4. The molecule has 0 aliphatic heterocycles. The second-order valence-corrected chi connectivity index (χ2v) is 5.16. The Morgan fingerprint density at radius 2 is 2.24 bits per heavy atom. The highest BCUT2D eigenvalue weighted by Gasteiger charge is 2.17. The Kier molecular flexibility index (Phi) is 5.58. The molecule has 0 saturated carbocycles. The van der Waals surface area contributed by atoms with Crippen molar-refractivity contribution in [2.75, 3.05) is 13.1 Å². The lowest BCUT2D eigenvalue weighted by atomic mass is 10.1. The summed E-state index contributed by atoms with van der Waals surface area (Å²) in [5, 5.41) is 9.12. The van der Waals surface area contributed by atoms with Crippen molar-refractivity contribution in [3.63, 3.8) is 0 Å². The molecular weight excluding hydrogens is 234 g/mol. The molecule has 0 fully saturated rings. The molecule has 0 aliphatic carbocycles. The van der Waals surface area contributed by atoms with Gasteiger partial charge in [0.25, 0.3) is 0 Å². The SMILES string of the molecule is CCNCC(C)C(=O)NC(C)c1nc(C)cs1. The maximum atomic E-state index is 11.9. The summed E-state index contributed by atoms with van der Waals surface area (Å²) in [5.74, 6) is 0.0600. The van der Waals surface area contributed by atoms with Gasteiger partial charge in [-0.2, -0.15) is 0 Å². The van der Waals surface area contributed by atoms with Crippen LogP contribution in [0.4, 0.5) is 0 Å². The van der Waals surface area contributed by atoms with Crippen LogP contribution in [0.5, 0.6) is 0 Å². The minimum atomic E-state index is -0.0153. The van der Waals surface area contributed by atoms with E-state index in [2.05, 4.69) is 15.6 Å². The standard InChI is InChI=1S/C12H21N3OS/c1-5-13-6-8(2)11(16)15-10(4)12-14-9(3)7-17-12/h7-8,10,13H,5-6H2,1-4H3,(H,15,16). The zero-order valence-electron chi connectivity index (χ0n) is 10.9. The van der Waals surface area contributed by atoms with Crippen molar-refractivity contribution in [2.45, 2.75) is 33.7 Å². The molecule has 1 rings (SSSR count). The van der Waals surface area contributed by atoms with E-state index in [1.54, 1.807) is 11.3 Å². The first-order valence-corrected chi connectivity index (χ1v) is 6.85. The van der Waals surface area contributed by atoms with Gasteiger partial charge >= 0.3 is 0 Å². The largest absolute Gasteiger partial charge is 0.347 e. The predicted molar refractivity (Wildman–Crippen MR) is 71.1 cm³/mol. The number of aryl methyl sites for hydroxylation is 1. The van der Waals surface area contributed by atoms with Crippen LogP contribution in [0.3, 0.4) is 0 Å². The molecule has 0 aliphatic rings. The van der Waals surface area contributed by atoms with Crippen molar-refractivity contribution >= 4 is 17.2 Å². The molecule has 1 aromatic heterocycles. The van der Waals surface area contributed by atoms with E-state index in [1.165, 1.54) is 0 Å². The van der Waals surface area contributed by atoms with Crippen LogP contribution in [0, 0.1) is 12.8 Å². The van der Waals surface area contributed by atoms with Crippen molar-refractivity contribution in [3.05, 3.63) is 16.1 Å². The second kappa shape index (κ2) is 6.71. The number of thiazole rings is 1. The minimum Gasteiger partial charge on any atom is -0.347 e.